The average Bonchev–Trinajstić information content (AvgIpc) is 2.86. The van der Waals surface area contributed by atoms with E-state index in [2.05, 4.69) is 11.6 Å². The van der Waals surface area contributed by atoms with Crippen LogP contribution in [0.3, 0.4) is 0 Å². The van der Waals surface area contributed by atoms with Crippen molar-refractivity contribution in [2.45, 2.75) is 0 Å². The number of hydrogen-bond donors (Lipinski definition) is 1. The van der Waals surface area contributed by atoms with Gasteiger partial charge in [-0.2, -0.15) is 0 Å². The number of aliphatic carboxylic acids is 1. The van der Waals surface area contributed by atoms with Crippen LogP contribution in [0.4, 0.5) is 5.82 Å². The maximum absolute atomic E-state index is 10.6. The van der Waals surface area contributed by atoms with Crippen molar-refractivity contribution in [3.05, 3.63) is 36.0 Å². The van der Waals surface area contributed by atoms with Crippen molar-refractivity contribution < 1.29 is 9.90 Å². The molecule has 0 amide bonds. The van der Waals surface area contributed by atoms with Crippen molar-refractivity contribution in [3.63, 3.8) is 0 Å². The second kappa shape index (κ2) is 5.05. The first-order chi connectivity index (χ1) is 8.63. The highest BCUT2D eigenvalue weighted by Gasteiger charge is 2.13. The van der Waals surface area contributed by atoms with E-state index in [1.165, 1.54) is 11.3 Å². The van der Waals surface area contributed by atoms with E-state index >= 15 is 0 Å². The van der Waals surface area contributed by atoms with Gasteiger partial charge < -0.3 is 10.0 Å². The Bertz CT molecular complexity index is 612. The number of nitrogens with zero attached hydrogens (tertiary/aromatic N) is 3. The molecule has 94 valence electrons. The van der Waals surface area contributed by atoms with E-state index in [9.17, 15) is 4.79 Å². The van der Waals surface area contributed by atoms with Crippen LogP contribution in [-0.4, -0.2) is 34.1 Å². The minimum atomic E-state index is -0.975. The van der Waals surface area contributed by atoms with Crippen LogP contribution in [0.15, 0.2) is 30.3 Å². The molecule has 2 heterocycles. The van der Waals surface area contributed by atoms with Gasteiger partial charge in [0.2, 0.25) is 0 Å². The summed E-state index contributed by atoms with van der Waals surface area (Å²) in [7, 11) is 1.90. The fourth-order valence-corrected chi connectivity index (χ4v) is 2.37. The molecule has 0 bridgehead atoms. The molecular weight excluding hydrogens is 250 g/mol. The summed E-state index contributed by atoms with van der Waals surface area (Å²) in [5.41, 5.74) is 0.762. The van der Waals surface area contributed by atoms with Crippen molar-refractivity contribution in [2.24, 2.45) is 0 Å². The molecule has 1 N–H and O–H groups in total. The number of carboxylic acid groups (broad SMARTS) is 1. The highest BCUT2D eigenvalue weighted by molar-refractivity contribution is 7.15. The Balaban J connectivity index is 2.50. The fourth-order valence-electron chi connectivity index (χ4n) is 1.66. The van der Waals surface area contributed by atoms with E-state index in [0.717, 1.165) is 22.5 Å². The van der Waals surface area contributed by atoms with E-state index in [1.54, 1.807) is 12.2 Å². The van der Waals surface area contributed by atoms with Crippen LogP contribution in [0.1, 0.15) is 5.69 Å². The van der Waals surface area contributed by atoms with Gasteiger partial charge in [-0.3, -0.25) is 4.40 Å². The lowest BCUT2D eigenvalue weighted by atomic mass is 10.3. The average molecular weight is 263 g/mol. The highest BCUT2D eigenvalue weighted by atomic mass is 32.1. The largest absolute Gasteiger partial charge is 0.478 e. The third-order valence-electron chi connectivity index (χ3n) is 2.43. The lowest BCUT2D eigenvalue weighted by molar-refractivity contribution is -0.131. The number of imidazole rings is 1. The molecule has 0 aliphatic heterocycles. The molecule has 2 aromatic heterocycles. The summed E-state index contributed by atoms with van der Waals surface area (Å²) in [6, 6.07) is 0. The Kier molecular flexibility index (Phi) is 3.47. The normalized spacial score (nSPS) is 11.2. The Hall–Kier alpha value is -2.08. The van der Waals surface area contributed by atoms with Crippen LogP contribution in [-0.2, 0) is 4.79 Å². The SMILES string of the molecule is C=CCN(C)c1nc2sccn2c1/C=C/C(=O)O. The number of aromatic nitrogens is 2. The smallest absolute Gasteiger partial charge is 0.328 e. The maximum Gasteiger partial charge on any atom is 0.328 e. The van der Waals surface area contributed by atoms with Crippen LogP contribution in [0.2, 0.25) is 0 Å². The van der Waals surface area contributed by atoms with Gasteiger partial charge in [-0.05, 0) is 6.08 Å². The molecule has 2 rings (SSSR count). The second-order valence-electron chi connectivity index (χ2n) is 3.72. The van der Waals surface area contributed by atoms with Gasteiger partial charge in [-0.15, -0.1) is 17.9 Å². The van der Waals surface area contributed by atoms with Gasteiger partial charge in [-0.25, -0.2) is 9.78 Å². The van der Waals surface area contributed by atoms with Crippen molar-refractivity contribution in [1.29, 1.82) is 0 Å². The number of thiazole rings is 1. The summed E-state index contributed by atoms with van der Waals surface area (Å²) in [4.78, 5) is 17.9. The Labute approximate surface area is 108 Å². The van der Waals surface area contributed by atoms with Gasteiger partial charge in [0, 0.05) is 31.2 Å². The van der Waals surface area contributed by atoms with Gasteiger partial charge in [0.05, 0.1) is 5.69 Å². The molecule has 6 heteroatoms. The third kappa shape index (κ3) is 2.28. The molecule has 0 aliphatic rings. The Morgan fingerprint density at radius 2 is 2.50 bits per heavy atom. The Morgan fingerprint density at radius 3 is 3.17 bits per heavy atom. The number of rotatable bonds is 5. The number of hydrogen-bond acceptors (Lipinski definition) is 4. The van der Waals surface area contributed by atoms with E-state index < -0.39 is 5.97 Å². The predicted octanol–water partition coefficient (Wildman–Crippen LogP) is 2.12. The number of anilines is 1. The molecule has 0 aliphatic carbocycles. The van der Waals surface area contributed by atoms with Gasteiger partial charge in [-0.1, -0.05) is 6.08 Å². The third-order valence-corrected chi connectivity index (χ3v) is 3.18. The van der Waals surface area contributed by atoms with Crippen molar-refractivity contribution in [1.82, 2.24) is 9.38 Å². The molecule has 5 nitrogen and oxygen atoms in total. The molecule has 0 spiro atoms. The van der Waals surface area contributed by atoms with Gasteiger partial charge in [0.1, 0.15) is 0 Å². The first-order valence-corrected chi connectivity index (χ1v) is 6.20. The van der Waals surface area contributed by atoms with Crippen LogP contribution in [0, 0.1) is 0 Å². The van der Waals surface area contributed by atoms with Crippen LogP contribution in [0.25, 0.3) is 11.0 Å². The van der Waals surface area contributed by atoms with E-state index in [4.69, 9.17) is 5.11 Å². The molecule has 0 aromatic carbocycles. The van der Waals surface area contributed by atoms with Gasteiger partial charge >= 0.3 is 5.97 Å². The zero-order valence-corrected chi connectivity index (χ0v) is 10.7. The summed E-state index contributed by atoms with van der Waals surface area (Å²) in [5.74, 6) is -0.225. The minimum Gasteiger partial charge on any atom is -0.478 e. The summed E-state index contributed by atoms with van der Waals surface area (Å²) < 4.78 is 1.87. The number of fused-ring (bicyclic) bond motifs is 1. The zero-order valence-electron chi connectivity index (χ0n) is 9.91. The first-order valence-electron chi connectivity index (χ1n) is 5.32. The minimum absolute atomic E-state index is 0.652. The fraction of sp³-hybridized carbons (Fsp3) is 0.167. The van der Waals surface area contributed by atoms with E-state index in [-0.39, 0.29) is 0 Å². The highest BCUT2D eigenvalue weighted by Crippen LogP contribution is 2.25. The summed E-state index contributed by atoms with van der Waals surface area (Å²) in [5, 5.41) is 10.6. The monoisotopic (exact) mass is 263 g/mol. The lowest BCUT2D eigenvalue weighted by Crippen LogP contribution is -2.18. The standard InChI is InChI=1S/C12H13N3O2S/c1-3-6-14(2)11-9(4-5-10(16)17)15-7-8-18-12(15)13-11/h3-5,7-8H,1,6H2,2H3,(H,16,17)/b5-4+. The van der Waals surface area contributed by atoms with Crippen molar-refractivity contribution in [3.8, 4) is 0 Å². The molecule has 0 atom stereocenters. The number of carboxylic acids is 1. The van der Waals surface area contributed by atoms with Gasteiger partial charge in [0.25, 0.3) is 0 Å². The quantitative estimate of drug-likeness (QED) is 0.663. The van der Waals surface area contributed by atoms with Crippen molar-refractivity contribution in [2.75, 3.05) is 18.5 Å². The first kappa shape index (κ1) is 12.4. The number of carbonyl (C=O) groups is 1. The molecule has 0 radical (unpaired) electrons. The summed E-state index contributed by atoms with van der Waals surface area (Å²) >= 11 is 1.51. The summed E-state index contributed by atoms with van der Waals surface area (Å²) in [6.07, 6.45) is 6.33. The molecule has 0 saturated heterocycles. The maximum atomic E-state index is 10.6. The van der Waals surface area contributed by atoms with Crippen LogP contribution < -0.4 is 4.90 Å². The number of likely N-dealkylation sites (N-methyl/N-ethyl adjacent to an activating group) is 1. The zero-order chi connectivity index (χ0) is 13.1. The van der Waals surface area contributed by atoms with Crippen LogP contribution in [0.5, 0.6) is 0 Å². The Morgan fingerprint density at radius 1 is 1.72 bits per heavy atom. The molecular formula is C12H13N3O2S. The topological polar surface area (TPSA) is 57.8 Å². The van der Waals surface area contributed by atoms with Crippen LogP contribution >= 0.6 is 11.3 Å². The van der Waals surface area contributed by atoms with Gasteiger partial charge in [0.15, 0.2) is 10.8 Å². The molecule has 18 heavy (non-hydrogen) atoms. The lowest BCUT2D eigenvalue weighted by Gasteiger charge is -2.14. The van der Waals surface area contributed by atoms with E-state index in [0.29, 0.717) is 6.54 Å². The van der Waals surface area contributed by atoms with E-state index in [1.807, 2.05) is 27.9 Å². The van der Waals surface area contributed by atoms with Crippen molar-refractivity contribution >= 4 is 34.2 Å². The molecule has 2 aromatic rings. The molecule has 0 unspecified atom stereocenters. The molecule has 0 fully saturated rings. The molecule has 0 saturated carbocycles. The summed E-state index contributed by atoms with van der Waals surface area (Å²) in [6.45, 7) is 4.34. The second-order valence-corrected chi connectivity index (χ2v) is 4.59. The predicted molar refractivity (Wildman–Crippen MR) is 73.2 cm³/mol.